The first-order chi connectivity index (χ1) is 11.6. The van der Waals surface area contributed by atoms with E-state index >= 15 is 0 Å². The van der Waals surface area contributed by atoms with E-state index < -0.39 is 5.91 Å². The van der Waals surface area contributed by atoms with Gasteiger partial charge in [0.25, 0.3) is 5.91 Å². The molecule has 2 rings (SSSR count). The number of rotatable bonds is 6. The molecule has 0 fully saturated rings. The summed E-state index contributed by atoms with van der Waals surface area (Å²) < 4.78 is 5.93. The van der Waals surface area contributed by atoms with Crippen molar-refractivity contribution in [2.45, 2.75) is 20.5 Å². The zero-order chi connectivity index (χ0) is 17.5. The standard InChI is InChI=1S/C19H20N2O3/c1-13-9-10-14(2)17(11-13)24-12-15-7-5-6-8-16(15)18(21-23-4)19(22)20-3/h5-11H,3,12H2,1-2,4H3. The van der Waals surface area contributed by atoms with E-state index in [9.17, 15) is 4.79 Å². The highest BCUT2D eigenvalue weighted by atomic mass is 16.6. The number of carbonyl (C=O) groups excluding carboxylic acids is 1. The predicted octanol–water partition coefficient (Wildman–Crippen LogP) is 3.46. The summed E-state index contributed by atoms with van der Waals surface area (Å²) in [7, 11) is 1.38. The Morgan fingerprint density at radius 1 is 1.17 bits per heavy atom. The van der Waals surface area contributed by atoms with Crippen molar-refractivity contribution in [2.24, 2.45) is 10.1 Å². The van der Waals surface area contributed by atoms with Gasteiger partial charge < -0.3 is 9.57 Å². The second-order valence-corrected chi connectivity index (χ2v) is 5.30. The number of carbonyl (C=O) groups is 1. The molecule has 0 heterocycles. The molecule has 0 unspecified atom stereocenters. The highest BCUT2D eigenvalue weighted by Gasteiger charge is 2.17. The molecule has 0 radical (unpaired) electrons. The minimum absolute atomic E-state index is 0.104. The Labute approximate surface area is 141 Å². The van der Waals surface area contributed by atoms with E-state index in [2.05, 4.69) is 16.9 Å². The summed E-state index contributed by atoms with van der Waals surface area (Å²) in [6.45, 7) is 7.57. The zero-order valence-corrected chi connectivity index (χ0v) is 14.1. The van der Waals surface area contributed by atoms with Crippen LogP contribution in [0.15, 0.2) is 52.6 Å². The van der Waals surface area contributed by atoms with Gasteiger partial charge >= 0.3 is 0 Å². The third kappa shape index (κ3) is 4.07. The van der Waals surface area contributed by atoms with Crippen LogP contribution in [-0.4, -0.2) is 25.4 Å². The van der Waals surface area contributed by atoms with E-state index in [1.165, 1.54) is 7.11 Å². The van der Waals surface area contributed by atoms with Gasteiger partial charge in [-0.25, -0.2) is 4.99 Å². The normalized spacial score (nSPS) is 11.0. The fraction of sp³-hybridized carbons (Fsp3) is 0.211. The topological polar surface area (TPSA) is 60.2 Å². The number of oxime groups is 1. The van der Waals surface area contributed by atoms with Gasteiger partial charge in [-0.05, 0) is 43.3 Å². The van der Waals surface area contributed by atoms with Crippen molar-refractivity contribution >= 4 is 18.3 Å². The second kappa shape index (κ2) is 8.06. The van der Waals surface area contributed by atoms with Gasteiger partial charge in [-0.15, -0.1) is 0 Å². The molecule has 124 valence electrons. The molecule has 5 nitrogen and oxygen atoms in total. The van der Waals surface area contributed by atoms with Gasteiger partial charge in [0, 0.05) is 5.56 Å². The van der Waals surface area contributed by atoms with Gasteiger partial charge in [0.05, 0.1) is 0 Å². The van der Waals surface area contributed by atoms with Crippen molar-refractivity contribution < 1.29 is 14.4 Å². The highest BCUT2D eigenvalue weighted by molar-refractivity contribution is 6.46. The summed E-state index contributed by atoms with van der Waals surface area (Å²) in [5.74, 6) is 0.263. The molecular formula is C19H20N2O3. The molecule has 0 saturated carbocycles. The average Bonchev–Trinajstić information content (AvgIpc) is 2.60. The molecule has 24 heavy (non-hydrogen) atoms. The largest absolute Gasteiger partial charge is 0.489 e. The van der Waals surface area contributed by atoms with E-state index in [0.29, 0.717) is 12.2 Å². The molecule has 0 N–H and O–H groups in total. The summed E-state index contributed by atoms with van der Waals surface area (Å²) in [6, 6.07) is 13.4. The van der Waals surface area contributed by atoms with Gasteiger partial charge in [-0.1, -0.05) is 41.6 Å². The van der Waals surface area contributed by atoms with Gasteiger partial charge in [0.15, 0.2) is 5.71 Å². The van der Waals surface area contributed by atoms with E-state index in [4.69, 9.17) is 9.57 Å². The third-order valence-corrected chi connectivity index (χ3v) is 3.53. The number of ether oxygens (including phenoxy) is 1. The maximum absolute atomic E-state index is 11.9. The van der Waals surface area contributed by atoms with Crippen LogP contribution >= 0.6 is 0 Å². The Morgan fingerprint density at radius 2 is 1.92 bits per heavy atom. The van der Waals surface area contributed by atoms with Gasteiger partial charge in [0.2, 0.25) is 0 Å². The minimum atomic E-state index is -0.545. The van der Waals surface area contributed by atoms with Gasteiger partial charge in [0.1, 0.15) is 19.5 Å². The molecule has 2 aromatic carbocycles. The first kappa shape index (κ1) is 17.4. The number of hydrogen-bond donors (Lipinski definition) is 0. The highest BCUT2D eigenvalue weighted by Crippen LogP contribution is 2.21. The van der Waals surface area contributed by atoms with Crippen molar-refractivity contribution in [1.82, 2.24) is 0 Å². The molecule has 0 aliphatic heterocycles. The number of amides is 1. The lowest BCUT2D eigenvalue weighted by molar-refractivity contribution is -0.111. The number of aliphatic imine (C=N–C) groups is 1. The molecule has 0 atom stereocenters. The van der Waals surface area contributed by atoms with Crippen LogP contribution in [0.5, 0.6) is 5.75 Å². The van der Waals surface area contributed by atoms with E-state index in [1.807, 2.05) is 50.2 Å². The molecule has 5 heteroatoms. The van der Waals surface area contributed by atoms with Crippen LogP contribution in [-0.2, 0) is 16.2 Å². The maximum Gasteiger partial charge on any atom is 0.299 e. The van der Waals surface area contributed by atoms with Crippen LogP contribution in [0.25, 0.3) is 0 Å². The first-order valence-corrected chi connectivity index (χ1v) is 7.47. The van der Waals surface area contributed by atoms with Crippen molar-refractivity contribution in [2.75, 3.05) is 7.11 Å². The van der Waals surface area contributed by atoms with E-state index in [0.717, 1.165) is 22.4 Å². The number of benzene rings is 2. The fourth-order valence-electron chi connectivity index (χ4n) is 2.27. The molecular weight excluding hydrogens is 304 g/mol. The van der Waals surface area contributed by atoms with Crippen LogP contribution in [0.4, 0.5) is 0 Å². The molecule has 1 amide bonds. The second-order valence-electron chi connectivity index (χ2n) is 5.30. The van der Waals surface area contributed by atoms with Crippen molar-refractivity contribution in [3.05, 3.63) is 64.7 Å². The lowest BCUT2D eigenvalue weighted by atomic mass is 10.0. The van der Waals surface area contributed by atoms with Crippen molar-refractivity contribution in [3.8, 4) is 5.75 Å². The van der Waals surface area contributed by atoms with Crippen LogP contribution in [0.2, 0.25) is 0 Å². The maximum atomic E-state index is 11.9. The van der Waals surface area contributed by atoms with Crippen LogP contribution < -0.4 is 4.74 Å². The Bertz CT molecular complexity index is 782. The number of hydrogen-bond acceptors (Lipinski definition) is 4. The van der Waals surface area contributed by atoms with Gasteiger partial charge in [-0.2, -0.15) is 0 Å². The number of aryl methyl sites for hydroxylation is 2. The van der Waals surface area contributed by atoms with E-state index in [1.54, 1.807) is 6.07 Å². The van der Waals surface area contributed by atoms with Crippen molar-refractivity contribution in [3.63, 3.8) is 0 Å². The Morgan fingerprint density at radius 3 is 2.62 bits per heavy atom. The molecule has 0 saturated heterocycles. The zero-order valence-electron chi connectivity index (χ0n) is 14.1. The molecule has 2 aromatic rings. The number of nitrogens with zero attached hydrogens (tertiary/aromatic N) is 2. The SMILES string of the molecule is C=NC(=O)C(=NOC)c1ccccc1COc1cc(C)ccc1C. The third-order valence-electron chi connectivity index (χ3n) is 3.53. The molecule has 0 spiro atoms. The molecule has 0 bridgehead atoms. The van der Waals surface area contributed by atoms with Crippen LogP contribution in [0.1, 0.15) is 22.3 Å². The van der Waals surface area contributed by atoms with Crippen LogP contribution in [0.3, 0.4) is 0 Å². The monoisotopic (exact) mass is 324 g/mol. The van der Waals surface area contributed by atoms with Crippen molar-refractivity contribution in [1.29, 1.82) is 0 Å². The fourth-order valence-corrected chi connectivity index (χ4v) is 2.27. The molecule has 0 aliphatic rings. The summed E-state index contributed by atoms with van der Waals surface area (Å²) in [6.07, 6.45) is 0. The Balaban J connectivity index is 2.32. The lowest BCUT2D eigenvalue weighted by Crippen LogP contribution is -2.16. The Hall–Kier alpha value is -2.95. The van der Waals surface area contributed by atoms with Gasteiger partial charge in [-0.3, -0.25) is 4.79 Å². The molecule has 0 aromatic heterocycles. The summed E-state index contributed by atoms with van der Waals surface area (Å²) in [4.78, 5) is 20.1. The quantitative estimate of drug-likeness (QED) is 0.604. The lowest BCUT2D eigenvalue weighted by Gasteiger charge is -2.13. The Kier molecular flexibility index (Phi) is 5.84. The average molecular weight is 324 g/mol. The van der Waals surface area contributed by atoms with E-state index in [-0.39, 0.29) is 5.71 Å². The smallest absolute Gasteiger partial charge is 0.299 e. The van der Waals surface area contributed by atoms with Crippen LogP contribution in [0, 0.1) is 13.8 Å². The predicted molar refractivity (Wildman–Crippen MR) is 94.8 cm³/mol. The summed E-state index contributed by atoms with van der Waals surface area (Å²) in [5, 5.41) is 3.79. The summed E-state index contributed by atoms with van der Waals surface area (Å²) in [5.41, 5.74) is 3.70. The minimum Gasteiger partial charge on any atom is -0.489 e. The molecule has 0 aliphatic carbocycles. The summed E-state index contributed by atoms with van der Waals surface area (Å²) >= 11 is 0. The first-order valence-electron chi connectivity index (χ1n) is 7.47.